The maximum Gasteiger partial charge on any atom is 0.513 e. The molecule has 24 nitrogen and oxygen atoms in total. The fraction of sp³-hybridized carbons (Fsp3) is 0.263. The van der Waals surface area contributed by atoms with Crippen LogP contribution in [0.3, 0.4) is 0 Å². The van der Waals surface area contributed by atoms with Gasteiger partial charge in [-0.25, -0.2) is 19.6 Å². The first-order valence-corrected chi connectivity index (χ1v) is 39.0. The number of hydrogen-bond acceptors (Lipinski definition) is 23. The van der Waals surface area contributed by atoms with Gasteiger partial charge in [0.15, 0.2) is 23.0 Å². The van der Waals surface area contributed by atoms with Crippen molar-refractivity contribution in [3.63, 3.8) is 0 Å². The number of carbonyl (C=O) groups is 4. The molecule has 106 heavy (non-hydrogen) atoms. The van der Waals surface area contributed by atoms with Crippen molar-refractivity contribution in [1.82, 2.24) is 29.7 Å². The summed E-state index contributed by atoms with van der Waals surface area (Å²) in [5.41, 5.74) is 5.55. The number of H-pyrrole nitrogens is 2. The number of carbonyl (C=O) groups excluding carboxylic acids is 4. The Bertz CT molecular complexity index is 4910. The molecule has 0 saturated heterocycles. The molecule has 11 aromatic rings. The molecule has 552 valence electrons. The number of nitro groups is 1. The lowest BCUT2D eigenvalue weighted by atomic mass is 9.95. The zero-order chi connectivity index (χ0) is 74.8. The number of nitrogens with zero attached hydrogens (tertiary/aromatic N) is 7. The van der Waals surface area contributed by atoms with Crippen LogP contribution in [0, 0.1) is 10.1 Å². The number of nitrogens with one attached hydrogen (secondary N) is 2. The minimum Gasteiger partial charge on any atom is -0.507 e. The third-order valence-electron chi connectivity index (χ3n) is 16.8. The molecule has 7 aromatic carbocycles. The number of non-ortho nitro benzene ring substituents is 1. The summed E-state index contributed by atoms with van der Waals surface area (Å²) in [6, 6.07) is 46.3. The van der Waals surface area contributed by atoms with E-state index in [1.54, 1.807) is 48.5 Å². The van der Waals surface area contributed by atoms with E-state index in [2.05, 4.69) is 19.9 Å². The second kappa shape index (κ2) is 37.0. The van der Waals surface area contributed by atoms with Crippen LogP contribution in [-0.2, 0) is 9.47 Å². The Kier molecular flexibility index (Phi) is 27.0. The molecule has 0 unspecified atom stereocenters. The largest absolute Gasteiger partial charge is 0.513 e. The van der Waals surface area contributed by atoms with Gasteiger partial charge in [-0.2, -0.15) is 0 Å². The highest BCUT2D eigenvalue weighted by Gasteiger charge is 2.38. The van der Waals surface area contributed by atoms with E-state index >= 15 is 0 Å². The van der Waals surface area contributed by atoms with Gasteiger partial charge in [-0.15, -0.1) is 23.2 Å². The number of aromatic hydroxyl groups is 1. The van der Waals surface area contributed by atoms with Crippen LogP contribution in [0.4, 0.5) is 26.7 Å². The summed E-state index contributed by atoms with van der Waals surface area (Å²) < 4.78 is 44.0. The van der Waals surface area contributed by atoms with Gasteiger partial charge in [0.2, 0.25) is 0 Å². The number of aromatic nitrogens is 4. The van der Waals surface area contributed by atoms with Gasteiger partial charge in [0.05, 0.1) is 30.5 Å². The molecule has 13 rings (SSSR count). The fourth-order valence-electron chi connectivity index (χ4n) is 11.8. The molecule has 2 atom stereocenters. The van der Waals surface area contributed by atoms with E-state index < -0.39 is 17.2 Å². The summed E-state index contributed by atoms with van der Waals surface area (Å²) in [6.45, 7) is 3.71. The van der Waals surface area contributed by atoms with Gasteiger partial charge >= 0.3 is 12.3 Å². The molecule has 0 bridgehead atoms. The number of aromatic amines is 2. The van der Waals surface area contributed by atoms with E-state index in [1.807, 2.05) is 159 Å². The van der Waals surface area contributed by atoms with Crippen LogP contribution in [0.1, 0.15) is 43.9 Å². The highest BCUT2D eigenvalue weighted by molar-refractivity contribution is 8.77. The number of methoxy groups -OCH3 is 2. The van der Waals surface area contributed by atoms with Crippen LogP contribution in [0.25, 0.3) is 43.4 Å². The second-order valence-corrected chi connectivity index (χ2v) is 29.9. The molecule has 2 amide bonds. The topological polar surface area (TPSA) is 276 Å². The first-order chi connectivity index (χ1) is 51.4. The number of phenolic OH excluding ortho intramolecular Hbond substituents is 1. The molecule has 0 aliphatic carbocycles. The van der Waals surface area contributed by atoms with E-state index in [0.717, 1.165) is 77.6 Å². The Morgan fingerprint density at radius 2 is 1.01 bits per heavy atom. The molecule has 0 radical (unpaired) electrons. The average Bonchev–Trinajstić information content (AvgIpc) is 1.59. The number of phenols is 1. The summed E-state index contributed by atoms with van der Waals surface area (Å²) in [6.07, 6.45) is 1.78. The monoisotopic (exact) mass is 1550 g/mol. The second-order valence-electron chi connectivity index (χ2n) is 24.4. The number of hydrogen-bond donors (Lipinski definition) is 3. The van der Waals surface area contributed by atoms with Crippen molar-refractivity contribution in [2.45, 2.75) is 21.9 Å². The third-order valence-corrected chi connectivity index (χ3v) is 22.0. The third kappa shape index (κ3) is 19.3. The molecule has 0 fully saturated rings. The van der Waals surface area contributed by atoms with Crippen molar-refractivity contribution in [2.24, 2.45) is 0 Å². The number of fused-ring (bicyclic) bond motifs is 8. The van der Waals surface area contributed by atoms with Crippen LogP contribution < -0.4 is 38.2 Å². The maximum absolute atomic E-state index is 14.1. The van der Waals surface area contributed by atoms with Crippen molar-refractivity contribution >= 4 is 151 Å². The summed E-state index contributed by atoms with van der Waals surface area (Å²) in [4.78, 5) is 84.5. The first-order valence-electron chi connectivity index (χ1n) is 33.3. The summed E-state index contributed by atoms with van der Waals surface area (Å²) in [5.74, 6) is 4.31. The van der Waals surface area contributed by atoms with E-state index in [-0.39, 0.29) is 54.1 Å². The summed E-state index contributed by atoms with van der Waals surface area (Å²) in [7, 11) is 17.2. The highest BCUT2D eigenvalue weighted by atomic mass is 35.5. The van der Waals surface area contributed by atoms with Gasteiger partial charge in [0.25, 0.3) is 17.5 Å². The lowest BCUT2D eigenvalue weighted by Crippen LogP contribution is -2.30. The summed E-state index contributed by atoms with van der Waals surface area (Å²) >= 11 is 12.8. The molecule has 2 aliphatic heterocycles. The molecule has 6 heterocycles. The number of likely N-dealkylation sites (N-methyl/N-ethyl adjacent to an activating group) is 2. The van der Waals surface area contributed by atoms with Crippen molar-refractivity contribution in [1.29, 1.82) is 0 Å². The molecular weight excluding hydrogens is 1480 g/mol. The smallest absolute Gasteiger partial charge is 0.507 e. The number of alkyl halides is 2. The standard InChI is InChI=1S/C35H35ClN4O6S2.C27H28ClN3O4.C14H12N2O5S2/c1-39(2)12-13-44-31-17-22-16-27(38-26(22)18-30(31)43-3)34(41)40-21-23(20-36)33-25-9-5-4-8-24(25)29(19-28(33)40)46-35(42)45-14-15-47-48-32-10-6-7-11-37-32;1-30(2)8-9-35-25-11-16-10-21(29-20(16)12-24(25)34-3)27(33)31-15-17(14-28)26-19-7-5-4-6-18(19)23(32)13-22(26)31;17-14(21-12-6-4-11(5-7-12)16(18)19)20-9-10-22-23-13-3-1-2-8-15-13/h4-11,16-19,23,38H,12-15,20-21H2,1-3H3;4-7,10-13,17,29,32H,8-9,14-15H2,1-3H3;1-8H,9-10H2/t23-;17-;/m11./s1. The summed E-state index contributed by atoms with van der Waals surface area (Å²) in [5, 5.41) is 27.9. The number of rotatable bonds is 27. The lowest BCUT2D eigenvalue weighted by Gasteiger charge is -2.18. The number of ether oxygens (including phenoxy) is 8. The lowest BCUT2D eigenvalue weighted by molar-refractivity contribution is -0.384. The number of benzene rings is 7. The minimum atomic E-state index is -0.845. The van der Waals surface area contributed by atoms with E-state index in [0.29, 0.717) is 101 Å². The quantitative estimate of drug-likeness (QED) is 0.00820. The molecule has 30 heteroatoms. The zero-order valence-electron chi connectivity index (χ0n) is 58.5. The number of nitro benzene ring substituents is 1. The number of anilines is 2. The van der Waals surface area contributed by atoms with Crippen LogP contribution >= 0.6 is 66.4 Å². The Hall–Kier alpha value is -9.78. The molecule has 0 saturated carbocycles. The van der Waals surface area contributed by atoms with Crippen molar-refractivity contribution in [2.75, 3.05) is 128 Å². The first kappa shape index (κ1) is 77.3. The predicted molar refractivity (Wildman–Crippen MR) is 420 cm³/mol. The van der Waals surface area contributed by atoms with Crippen molar-refractivity contribution < 1.29 is 67.1 Å². The Labute approximate surface area is 636 Å². The van der Waals surface area contributed by atoms with Crippen LogP contribution in [0.5, 0.6) is 40.2 Å². The van der Waals surface area contributed by atoms with Gasteiger partial charge in [0, 0.05) is 143 Å². The highest BCUT2D eigenvalue weighted by Crippen LogP contribution is 2.48. The van der Waals surface area contributed by atoms with E-state index in [9.17, 15) is 34.4 Å². The van der Waals surface area contributed by atoms with Crippen LogP contribution in [-0.4, -0.2) is 182 Å². The SMILES string of the molecule is COc1cc2[nH]c(C(=O)N3C[C@@H](CCl)c4c3cc(O)c3ccccc43)cc2cc1OCCN(C)C.COc1cc2[nH]c(C(=O)N3C[C@@H](CCl)c4c3cc(OC(=O)OCCSSc3ccccn3)c3ccccc43)cc2cc1OCCN(C)C.O=C(OCCSSc1ccccn1)Oc1ccc([N+](=O)[O-])cc1. The minimum absolute atomic E-state index is 0.0257. The van der Waals surface area contributed by atoms with Crippen molar-refractivity contribution in [3.8, 4) is 40.2 Å². The van der Waals surface area contributed by atoms with Gasteiger partial charge in [-0.1, -0.05) is 82.3 Å². The van der Waals surface area contributed by atoms with E-state index in [4.69, 9.17) is 61.1 Å². The van der Waals surface area contributed by atoms with Gasteiger partial charge < -0.3 is 72.6 Å². The molecule has 4 aromatic heterocycles. The predicted octanol–water partition coefficient (Wildman–Crippen LogP) is 16.5. The van der Waals surface area contributed by atoms with Crippen LogP contribution in [0.15, 0.2) is 180 Å². The number of amides is 2. The Balaban J connectivity index is 0.000000169. The molecule has 0 spiro atoms. The van der Waals surface area contributed by atoms with Gasteiger partial charge in [-0.05, 0) is 132 Å². The fourth-order valence-corrected chi connectivity index (χ4v) is 15.7. The van der Waals surface area contributed by atoms with E-state index in [1.165, 1.54) is 67.4 Å². The number of pyridine rings is 2. The average molecular weight is 1550 g/mol. The van der Waals surface area contributed by atoms with Gasteiger partial charge in [-0.3, -0.25) is 19.7 Å². The Morgan fingerprint density at radius 3 is 1.46 bits per heavy atom. The van der Waals surface area contributed by atoms with Crippen LogP contribution in [0.2, 0.25) is 0 Å². The zero-order valence-corrected chi connectivity index (χ0v) is 63.3. The molecule has 2 aliphatic rings. The molecular formula is C76H75Cl2N9O15S4. The number of halogens is 2. The Morgan fingerprint density at radius 1 is 0.557 bits per heavy atom. The van der Waals surface area contributed by atoms with Crippen molar-refractivity contribution in [3.05, 3.63) is 203 Å². The van der Waals surface area contributed by atoms with Gasteiger partial charge in [0.1, 0.15) is 65.1 Å². The maximum atomic E-state index is 14.1. The molecule has 3 N–H and O–H groups in total. The normalized spacial score (nSPS) is 13.6.